The Bertz CT molecular complexity index is 1210. The normalized spacial score (nSPS) is 16.8. The Hall–Kier alpha value is -3.83. The van der Waals surface area contributed by atoms with Gasteiger partial charge < -0.3 is 10.6 Å². The summed E-state index contributed by atoms with van der Waals surface area (Å²) in [6, 6.07) is 26.7. The Labute approximate surface area is 193 Å². The van der Waals surface area contributed by atoms with Crippen LogP contribution in [0.3, 0.4) is 0 Å². The Morgan fingerprint density at radius 2 is 1.67 bits per heavy atom. The molecule has 0 radical (unpaired) electrons. The molecule has 0 bridgehead atoms. The predicted octanol–water partition coefficient (Wildman–Crippen LogP) is 4.72. The van der Waals surface area contributed by atoms with Crippen molar-refractivity contribution in [2.24, 2.45) is 0 Å². The molecule has 5 rings (SSSR count). The van der Waals surface area contributed by atoms with Crippen molar-refractivity contribution in [3.05, 3.63) is 120 Å². The first kappa shape index (κ1) is 21.0. The second kappa shape index (κ2) is 9.76. The molecule has 0 saturated heterocycles. The third-order valence-corrected chi connectivity index (χ3v) is 6.10. The highest BCUT2D eigenvalue weighted by Gasteiger charge is 2.37. The van der Waals surface area contributed by atoms with Crippen molar-refractivity contribution in [2.45, 2.75) is 31.5 Å². The molecule has 1 heterocycles. The Morgan fingerprint density at radius 1 is 0.879 bits per heavy atom. The summed E-state index contributed by atoms with van der Waals surface area (Å²) in [7, 11) is 0. The number of carbonyl (C=O) groups is 1. The van der Waals surface area contributed by atoms with E-state index < -0.39 is 0 Å². The lowest BCUT2D eigenvalue weighted by molar-refractivity contribution is 0.0951. The van der Waals surface area contributed by atoms with Crippen molar-refractivity contribution < 1.29 is 4.79 Å². The van der Waals surface area contributed by atoms with E-state index in [2.05, 4.69) is 50.9 Å². The van der Waals surface area contributed by atoms with E-state index in [1.165, 1.54) is 11.1 Å². The second-order valence-electron chi connectivity index (χ2n) is 8.37. The number of hydrogen-bond donors (Lipinski definition) is 2. The highest BCUT2D eigenvalue weighted by atomic mass is 16.1. The summed E-state index contributed by atoms with van der Waals surface area (Å²) in [5.41, 5.74) is 6.28. The minimum atomic E-state index is -0.0449. The zero-order valence-corrected chi connectivity index (χ0v) is 18.3. The van der Waals surface area contributed by atoms with Gasteiger partial charge in [-0.2, -0.15) is 0 Å². The lowest BCUT2D eigenvalue weighted by Gasteiger charge is -2.10. The summed E-state index contributed by atoms with van der Waals surface area (Å²) in [5.74, 6) is 0.437. The van der Waals surface area contributed by atoms with Gasteiger partial charge in [0.15, 0.2) is 0 Å². The maximum absolute atomic E-state index is 12.5. The van der Waals surface area contributed by atoms with Gasteiger partial charge in [0.25, 0.3) is 5.91 Å². The van der Waals surface area contributed by atoms with Crippen molar-refractivity contribution in [2.75, 3.05) is 0 Å². The SMILES string of the molecule is O=C(NCc1ccccc1)c1ccc([C@@H]2C[C@H]2NCc2ccccc2-c2cnccn2)cc1. The van der Waals surface area contributed by atoms with Gasteiger partial charge in [0.2, 0.25) is 0 Å². The molecule has 5 heteroatoms. The Morgan fingerprint density at radius 3 is 2.45 bits per heavy atom. The molecule has 5 nitrogen and oxygen atoms in total. The standard InChI is InChI=1S/C28H26N4O/c33-28(32-17-20-6-2-1-3-7-20)22-12-10-21(11-13-22)25-16-26(25)31-18-23-8-4-5-9-24(23)27-19-29-14-15-30-27/h1-15,19,25-26,31H,16-18H2,(H,32,33)/t25-,26+/m0/s1. The summed E-state index contributed by atoms with van der Waals surface area (Å²) in [4.78, 5) is 21.1. The average Bonchev–Trinajstić information content (AvgIpc) is 3.67. The predicted molar refractivity (Wildman–Crippen MR) is 130 cm³/mol. The van der Waals surface area contributed by atoms with E-state index in [1.807, 2.05) is 48.5 Å². The first-order valence-electron chi connectivity index (χ1n) is 11.3. The molecule has 3 aromatic carbocycles. The van der Waals surface area contributed by atoms with Crippen LogP contribution < -0.4 is 10.6 Å². The summed E-state index contributed by atoms with van der Waals surface area (Å²) in [5, 5.41) is 6.66. The fourth-order valence-corrected chi connectivity index (χ4v) is 4.15. The van der Waals surface area contributed by atoms with Crippen molar-refractivity contribution in [1.29, 1.82) is 0 Å². The van der Waals surface area contributed by atoms with E-state index in [9.17, 15) is 4.79 Å². The highest BCUT2D eigenvalue weighted by molar-refractivity contribution is 5.94. The first-order chi connectivity index (χ1) is 16.3. The maximum Gasteiger partial charge on any atom is 0.251 e. The number of carbonyl (C=O) groups excluding carboxylic acids is 1. The second-order valence-corrected chi connectivity index (χ2v) is 8.37. The quantitative estimate of drug-likeness (QED) is 0.421. The third-order valence-electron chi connectivity index (χ3n) is 6.10. The molecule has 1 fully saturated rings. The summed E-state index contributed by atoms with van der Waals surface area (Å²) in [6.07, 6.45) is 6.32. The molecule has 1 amide bonds. The topological polar surface area (TPSA) is 66.9 Å². The molecule has 0 aliphatic heterocycles. The van der Waals surface area contributed by atoms with Crippen LogP contribution in [-0.2, 0) is 13.1 Å². The number of nitrogens with one attached hydrogen (secondary N) is 2. The van der Waals surface area contributed by atoms with Crippen LogP contribution >= 0.6 is 0 Å². The monoisotopic (exact) mass is 434 g/mol. The van der Waals surface area contributed by atoms with Crippen LogP contribution in [0, 0.1) is 0 Å². The lowest BCUT2D eigenvalue weighted by Crippen LogP contribution is -2.22. The fraction of sp³-hybridized carbons (Fsp3) is 0.179. The Balaban J connectivity index is 1.15. The number of rotatable bonds is 8. The lowest BCUT2D eigenvalue weighted by atomic mass is 10.0. The van der Waals surface area contributed by atoms with Gasteiger partial charge in [-0.3, -0.25) is 14.8 Å². The van der Waals surface area contributed by atoms with E-state index >= 15 is 0 Å². The van der Waals surface area contributed by atoms with Crippen LogP contribution in [-0.4, -0.2) is 21.9 Å². The van der Waals surface area contributed by atoms with Crippen molar-refractivity contribution in [3.63, 3.8) is 0 Å². The molecular weight excluding hydrogens is 408 g/mol. The largest absolute Gasteiger partial charge is 0.348 e. The zero-order valence-electron chi connectivity index (χ0n) is 18.3. The Kier molecular flexibility index (Phi) is 6.22. The molecule has 1 aromatic heterocycles. The molecule has 1 saturated carbocycles. The molecule has 1 aliphatic carbocycles. The molecule has 0 spiro atoms. The van der Waals surface area contributed by atoms with E-state index in [1.54, 1.807) is 18.6 Å². The average molecular weight is 435 g/mol. The number of aromatic nitrogens is 2. The van der Waals surface area contributed by atoms with Gasteiger partial charge in [0, 0.05) is 48.6 Å². The van der Waals surface area contributed by atoms with Gasteiger partial charge in [-0.05, 0) is 35.2 Å². The summed E-state index contributed by atoms with van der Waals surface area (Å²) < 4.78 is 0. The molecule has 164 valence electrons. The van der Waals surface area contributed by atoms with E-state index in [0.717, 1.165) is 29.8 Å². The molecule has 33 heavy (non-hydrogen) atoms. The number of benzene rings is 3. The number of amides is 1. The highest BCUT2D eigenvalue weighted by Crippen LogP contribution is 2.41. The van der Waals surface area contributed by atoms with Gasteiger partial charge in [-0.15, -0.1) is 0 Å². The number of hydrogen-bond acceptors (Lipinski definition) is 4. The maximum atomic E-state index is 12.5. The molecule has 1 aliphatic rings. The van der Waals surface area contributed by atoms with Crippen LogP contribution in [0.25, 0.3) is 11.3 Å². The number of nitrogens with zero attached hydrogens (tertiary/aromatic N) is 2. The van der Waals surface area contributed by atoms with Crippen LogP contribution in [0.4, 0.5) is 0 Å². The minimum absolute atomic E-state index is 0.0449. The molecule has 2 atom stereocenters. The van der Waals surface area contributed by atoms with E-state index in [0.29, 0.717) is 24.1 Å². The summed E-state index contributed by atoms with van der Waals surface area (Å²) >= 11 is 0. The van der Waals surface area contributed by atoms with Gasteiger partial charge in [-0.1, -0.05) is 66.7 Å². The van der Waals surface area contributed by atoms with Crippen LogP contribution in [0.1, 0.15) is 39.4 Å². The van der Waals surface area contributed by atoms with Crippen LogP contribution in [0.15, 0.2) is 97.5 Å². The molecule has 4 aromatic rings. The minimum Gasteiger partial charge on any atom is -0.348 e. The smallest absolute Gasteiger partial charge is 0.251 e. The summed E-state index contributed by atoms with van der Waals surface area (Å²) in [6.45, 7) is 1.32. The molecule has 2 N–H and O–H groups in total. The van der Waals surface area contributed by atoms with Crippen molar-refractivity contribution in [1.82, 2.24) is 20.6 Å². The molecule has 0 unspecified atom stereocenters. The fourth-order valence-electron chi connectivity index (χ4n) is 4.15. The van der Waals surface area contributed by atoms with Gasteiger partial charge in [-0.25, -0.2) is 0 Å². The first-order valence-corrected chi connectivity index (χ1v) is 11.3. The third kappa shape index (κ3) is 5.16. The van der Waals surface area contributed by atoms with Gasteiger partial charge in [0.05, 0.1) is 11.9 Å². The van der Waals surface area contributed by atoms with Crippen LogP contribution in [0.2, 0.25) is 0 Å². The van der Waals surface area contributed by atoms with Crippen molar-refractivity contribution in [3.8, 4) is 11.3 Å². The zero-order chi connectivity index (χ0) is 22.5. The van der Waals surface area contributed by atoms with Gasteiger partial charge >= 0.3 is 0 Å². The van der Waals surface area contributed by atoms with E-state index in [-0.39, 0.29) is 5.91 Å². The van der Waals surface area contributed by atoms with Crippen molar-refractivity contribution >= 4 is 5.91 Å². The van der Waals surface area contributed by atoms with Crippen LogP contribution in [0.5, 0.6) is 0 Å². The van der Waals surface area contributed by atoms with Gasteiger partial charge in [0.1, 0.15) is 0 Å². The molecular formula is C28H26N4O. The van der Waals surface area contributed by atoms with E-state index in [4.69, 9.17) is 0 Å².